The van der Waals surface area contributed by atoms with Gasteiger partial charge < -0.3 is 14.2 Å². The lowest BCUT2D eigenvalue weighted by atomic mass is 9.71. The van der Waals surface area contributed by atoms with Crippen molar-refractivity contribution in [3.05, 3.63) is 69.0 Å². The Morgan fingerprint density at radius 2 is 1.90 bits per heavy atom. The number of nitrogens with zero attached hydrogens (tertiary/aromatic N) is 5. The van der Waals surface area contributed by atoms with Crippen LogP contribution in [0.2, 0.25) is 10.6 Å². The number of benzene rings is 2. The number of rotatable bonds is 10. The van der Waals surface area contributed by atoms with Crippen molar-refractivity contribution in [1.29, 1.82) is 0 Å². The molecule has 276 valence electrons. The van der Waals surface area contributed by atoms with E-state index in [1.165, 1.54) is 12.1 Å². The Morgan fingerprint density at radius 1 is 1.15 bits per heavy atom. The number of carbonyl (C=O) groups is 1. The van der Waals surface area contributed by atoms with E-state index in [1.807, 2.05) is 19.1 Å². The monoisotopic (exact) mass is 771 g/mol. The van der Waals surface area contributed by atoms with Gasteiger partial charge in [-0.3, -0.25) is 15.6 Å². The van der Waals surface area contributed by atoms with Gasteiger partial charge in [0.25, 0.3) is 0 Å². The normalized spacial score (nSPS) is 22.7. The maximum atomic E-state index is 14.9. The standard InChI is InChI=1S/C36H40Cl2FN7O5S/c1-5-6-12-46-27-17-29-20(14-23(27)21(18-35(46,2)3)19-52(48,49)50)15-24-28(51-29)10-13-45-26-8-7-22(39)16-25(26)36(4,31(24)45)11-9-30(47)43-44-34-41-32(37)40-33(38)42-34/h7-8,14-17,21,28H,5-6,9-13,18-19H2,1-4H3,(H2-,40,41,42,43,44,47,48,49,50). The summed E-state index contributed by atoms with van der Waals surface area (Å²) < 4.78 is 60.3. The first-order valence-corrected chi connectivity index (χ1v) is 19.7. The maximum absolute atomic E-state index is 14.9. The number of carbonyl (C=O) groups excluding carboxylic acids is 1. The first kappa shape index (κ1) is 36.5. The number of hydrogen-bond acceptors (Lipinski definition) is 10. The molecule has 4 aliphatic heterocycles. The van der Waals surface area contributed by atoms with Gasteiger partial charge in [0.05, 0.1) is 21.1 Å². The molecular weight excluding hydrogens is 732 g/mol. The predicted molar refractivity (Wildman–Crippen MR) is 196 cm³/mol. The molecule has 2 N–H and O–H groups in total. The molecule has 1 amide bonds. The molecule has 52 heavy (non-hydrogen) atoms. The zero-order valence-corrected chi connectivity index (χ0v) is 31.6. The summed E-state index contributed by atoms with van der Waals surface area (Å²) in [4.78, 5) is 27.0. The number of nitrogens with one attached hydrogen (secondary N) is 2. The zero-order chi connectivity index (χ0) is 37.2. The molecule has 5 heterocycles. The van der Waals surface area contributed by atoms with Gasteiger partial charge in [0, 0.05) is 65.5 Å². The molecule has 0 bridgehead atoms. The molecule has 0 saturated heterocycles. The second-order valence-electron chi connectivity index (χ2n) is 14.8. The van der Waals surface area contributed by atoms with Gasteiger partial charge in [-0.1, -0.05) is 13.3 Å². The summed E-state index contributed by atoms with van der Waals surface area (Å²) in [5.74, 6) is -1.04. The van der Waals surface area contributed by atoms with Crippen molar-refractivity contribution in [1.82, 2.24) is 20.4 Å². The Hall–Kier alpha value is -3.85. The molecule has 4 aliphatic rings. The minimum Gasteiger partial charge on any atom is -0.748 e. The van der Waals surface area contributed by atoms with E-state index in [9.17, 15) is 22.2 Å². The van der Waals surface area contributed by atoms with Crippen molar-refractivity contribution >= 4 is 68.3 Å². The number of ether oxygens (including phenoxy) is 1. The Morgan fingerprint density at radius 3 is 2.62 bits per heavy atom. The summed E-state index contributed by atoms with van der Waals surface area (Å²) in [6, 6.07) is 8.75. The van der Waals surface area contributed by atoms with Crippen molar-refractivity contribution in [2.45, 2.75) is 89.2 Å². The highest BCUT2D eigenvalue weighted by atomic mass is 35.5. The summed E-state index contributed by atoms with van der Waals surface area (Å²) in [6.07, 6.45) is 5.30. The number of hydrogen-bond donors (Lipinski definition) is 2. The summed E-state index contributed by atoms with van der Waals surface area (Å²) in [6.45, 7) is 9.75. The van der Waals surface area contributed by atoms with Gasteiger partial charge in [-0.2, -0.15) is 19.5 Å². The van der Waals surface area contributed by atoms with Crippen LogP contribution in [-0.4, -0.2) is 74.6 Å². The molecule has 0 spiro atoms. The predicted octanol–water partition coefficient (Wildman–Crippen LogP) is 6.26. The van der Waals surface area contributed by atoms with Crippen LogP contribution in [0.1, 0.15) is 88.8 Å². The van der Waals surface area contributed by atoms with Gasteiger partial charge >= 0.3 is 0 Å². The van der Waals surface area contributed by atoms with Crippen molar-refractivity contribution in [2.24, 2.45) is 0 Å². The lowest BCUT2D eigenvalue weighted by Crippen LogP contribution is -2.50. The van der Waals surface area contributed by atoms with Crippen LogP contribution >= 0.6 is 23.2 Å². The summed E-state index contributed by atoms with van der Waals surface area (Å²) in [7, 11) is -4.51. The van der Waals surface area contributed by atoms with E-state index in [0.717, 1.165) is 58.7 Å². The van der Waals surface area contributed by atoms with Crippen LogP contribution in [0, 0.1) is 5.82 Å². The lowest BCUT2D eigenvalue weighted by Gasteiger charge is -2.49. The molecule has 3 aromatic rings. The second-order valence-corrected chi connectivity index (χ2v) is 16.9. The number of aromatic nitrogens is 3. The van der Waals surface area contributed by atoms with Crippen LogP contribution in [0.15, 0.2) is 35.9 Å². The number of hydrazine groups is 1. The fraction of sp³-hybridized carbons (Fsp3) is 0.472. The van der Waals surface area contributed by atoms with Crippen LogP contribution in [-0.2, 0) is 20.3 Å². The Labute approximate surface area is 312 Å². The first-order valence-electron chi connectivity index (χ1n) is 17.4. The van der Waals surface area contributed by atoms with Gasteiger partial charge in [0.1, 0.15) is 17.7 Å². The van der Waals surface area contributed by atoms with Crippen molar-refractivity contribution in [2.75, 3.05) is 29.2 Å². The smallest absolute Gasteiger partial charge is 0.247 e. The molecule has 0 saturated carbocycles. The number of fused-ring (bicyclic) bond motifs is 6. The van der Waals surface area contributed by atoms with Crippen LogP contribution in [0.25, 0.3) is 6.08 Å². The van der Waals surface area contributed by atoms with Gasteiger partial charge in [-0.05, 0) is 93.1 Å². The number of amides is 1. The largest absolute Gasteiger partial charge is 0.748 e. The van der Waals surface area contributed by atoms with Gasteiger partial charge in [0.15, 0.2) is 12.3 Å². The fourth-order valence-corrected chi connectivity index (χ4v) is 9.60. The molecule has 0 radical (unpaired) electrons. The molecule has 16 heteroatoms. The average Bonchev–Trinajstić information content (AvgIpc) is 3.31. The highest BCUT2D eigenvalue weighted by molar-refractivity contribution is 7.85. The van der Waals surface area contributed by atoms with E-state index >= 15 is 0 Å². The topological polar surface area (TPSA) is 152 Å². The van der Waals surface area contributed by atoms with Crippen LogP contribution in [0.3, 0.4) is 0 Å². The van der Waals surface area contributed by atoms with Crippen molar-refractivity contribution in [3.8, 4) is 5.75 Å². The van der Waals surface area contributed by atoms with E-state index in [2.05, 4.69) is 62.1 Å². The van der Waals surface area contributed by atoms with E-state index in [4.69, 9.17) is 27.9 Å². The Kier molecular flexibility index (Phi) is 9.50. The van der Waals surface area contributed by atoms with Crippen LogP contribution in [0.4, 0.5) is 21.7 Å². The first-order chi connectivity index (χ1) is 24.6. The fourth-order valence-electron chi connectivity index (χ4n) is 8.45. The van der Waals surface area contributed by atoms with Crippen LogP contribution in [0.5, 0.6) is 5.75 Å². The molecule has 1 aromatic heterocycles. The average molecular weight is 773 g/mol. The minimum absolute atomic E-state index is 0.0222. The third-order valence-corrected chi connectivity index (χ3v) is 11.9. The summed E-state index contributed by atoms with van der Waals surface area (Å²) >= 11 is 11.7. The number of halogens is 3. The molecule has 0 aliphatic carbocycles. The van der Waals surface area contributed by atoms with E-state index in [1.54, 1.807) is 6.07 Å². The number of unbranched alkanes of at least 4 members (excludes halogenated alkanes) is 1. The Bertz CT molecular complexity index is 2130. The highest BCUT2D eigenvalue weighted by Gasteiger charge is 2.55. The molecule has 7 rings (SSSR count). The van der Waals surface area contributed by atoms with E-state index in [-0.39, 0.29) is 46.3 Å². The molecule has 0 fully saturated rings. The van der Waals surface area contributed by atoms with Crippen molar-refractivity contribution in [3.63, 3.8) is 0 Å². The van der Waals surface area contributed by atoms with Gasteiger partial charge in [0.2, 0.25) is 28.1 Å². The molecule has 3 unspecified atom stereocenters. The quantitative estimate of drug-likeness (QED) is 0.137. The van der Waals surface area contributed by atoms with Crippen molar-refractivity contribution < 1.29 is 31.5 Å². The van der Waals surface area contributed by atoms with E-state index in [0.29, 0.717) is 31.6 Å². The van der Waals surface area contributed by atoms with Gasteiger partial charge in [-0.25, -0.2) is 12.8 Å². The zero-order valence-electron chi connectivity index (χ0n) is 29.3. The third kappa shape index (κ3) is 6.85. The molecule has 12 nitrogen and oxygen atoms in total. The van der Waals surface area contributed by atoms with Gasteiger partial charge in [-0.15, -0.1) is 0 Å². The summed E-state index contributed by atoms with van der Waals surface area (Å²) in [5, 5.41) is -0.267. The molecule has 3 atom stereocenters. The van der Waals surface area contributed by atoms with E-state index < -0.39 is 27.2 Å². The lowest BCUT2D eigenvalue weighted by molar-refractivity contribution is -0.444. The number of anilines is 2. The molecule has 2 aromatic carbocycles. The minimum atomic E-state index is -4.51. The maximum Gasteiger partial charge on any atom is 0.247 e. The molecular formula is C36H40Cl2FN7O5S. The SMILES string of the molecule is CCCCN1c2cc3c(cc2C(CS(=O)(=O)[O-])CC1(C)C)C=C1C2=[N+](CCC1O3)c1ccc(F)cc1C2(C)CCC(=O)NNc1nc(Cl)nc(Cl)n1. The third-order valence-electron chi connectivity index (χ3n) is 10.7. The summed E-state index contributed by atoms with van der Waals surface area (Å²) in [5.41, 5.74) is 10.0. The van der Waals surface area contributed by atoms with Crippen LogP contribution < -0.4 is 20.5 Å². The second kappa shape index (κ2) is 13.5. The highest BCUT2D eigenvalue weighted by Crippen LogP contribution is 2.52. The Balaban J connectivity index is 1.26.